The van der Waals surface area contributed by atoms with Crippen molar-refractivity contribution >= 4 is 26.7 Å². The van der Waals surface area contributed by atoms with Gasteiger partial charge in [-0.05, 0) is 35.7 Å². The summed E-state index contributed by atoms with van der Waals surface area (Å²) in [5.74, 6) is 1.41. The van der Waals surface area contributed by atoms with Gasteiger partial charge >= 0.3 is 0 Å². The highest BCUT2D eigenvalue weighted by Crippen LogP contribution is 2.22. The highest BCUT2D eigenvalue weighted by Gasteiger charge is 2.31. The second-order valence-corrected chi connectivity index (χ2v) is 9.48. The fourth-order valence-corrected chi connectivity index (χ4v) is 5.05. The number of benzene rings is 2. The van der Waals surface area contributed by atoms with Gasteiger partial charge in [0, 0.05) is 11.5 Å². The van der Waals surface area contributed by atoms with Crippen LogP contribution in [0.4, 0.5) is 5.82 Å². The molecule has 1 aliphatic rings. The molecule has 2 heterocycles. The molecule has 5 nitrogen and oxygen atoms in total. The molecule has 1 fully saturated rings. The lowest BCUT2D eigenvalue weighted by Crippen LogP contribution is -2.49. The lowest BCUT2D eigenvalue weighted by atomic mass is 10.0. The van der Waals surface area contributed by atoms with Crippen molar-refractivity contribution in [2.45, 2.75) is 24.7 Å². The third-order valence-corrected chi connectivity index (χ3v) is 7.32. The van der Waals surface area contributed by atoms with Gasteiger partial charge in [-0.25, -0.2) is 13.4 Å². The Hall–Kier alpha value is -2.44. The van der Waals surface area contributed by atoms with Crippen LogP contribution >= 0.6 is 0 Å². The number of aromatic amines is 1. The number of hydrogen-bond acceptors (Lipinski definition) is 3. The number of nitrogens with one attached hydrogen (secondary N) is 1. The lowest BCUT2D eigenvalue weighted by molar-refractivity contribution is -0.330. The van der Waals surface area contributed by atoms with Crippen molar-refractivity contribution in [1.29, 1.82) is 0 Å². The first-order valence-electron chi connectivity index (χ1n) is 9.71. The number of anilines is 1. The minimum atomic E-state index is -3.45. The summed E-state index contributed by atoms with van der Waals surface area (Å²) in [6, 6.07) is 19.6. The second kappa shape index (κ2) is 7.53. The van der Waals surface area contributed by atoms with Crippen LogP contribution in [0, 0.1) is 0 Å². The number of piperazine rings is 1. The maximum atomic E-state index is 13.0. The summed E-state index contributed by atoms with van der Waals surface area (Å²) < 4.78 is 27.6. The van der Waals surface area contributed by atoms with Crippen LogP contribution in [-0.4, -0.2) is 38.9 Å². The molecule has 146 valence electrons. The molecule has 6 heteroatoms. The van der Waals surface area contributed by atoms with Gasteiger partial charge in [0.05, 0.1) is 31.1 Å². The van der Waals surface area contributed by atoms with E-state index in [9.17, 15) is 8.42 Å². The van der Waals surface area contributed by atoms with Crippen molar-refractivity contribution in [1.82, 2.24) is 4.31 Å². The topological polar surface area (TPSA) is 54.8 Å². The molecule has 0 amide bonds. The molecule has 1 aromatic heterocycles. The van der Waals surface area contributed by atoms with E-state index in [4.69, 9.17) is 0 Å². The zero-order chi connectivity index (χ0) is 19.7. The summed E-state index contributed by atoms with van der Waals surface area (Å²) in [7, 11) is -3.45. The number of sulfonamides is 1. The SMILES string of the molecule is CC(C)c1ccc(S(=O)(=O)N2CCN(c3ccc4ccccc4[nH+]3)CC2)cc1. The number of H-pyrrole nitrogens is 1. The number of fused-ring (bicyclic) bond motifs is 1. The van der Waals surface area contributed by atoms with Crippen molar-refractivity contribution < 1.29 is 13.4 Å². The lowest BCUT2D eigenvalue weighted by Gasteiger charge is -2.30. The van der Waals surface area contributed by atoms with Gasteiger partial charge in [0.1, 0.15) is 5.52 Å². The van der Waals surface area contributed by atoms with E-state index in [0.717, 1.165) is 22.3 Å². The Bertz CT molecular complexity index is 1070. The van der Waals surface area contributed by atoms with Crippen LogP contribution in [0.2, 0.25) is 0 Å². The van der Waals surface area contributed by atoms with E-state index in [-0.39, 0.29) is 0 Å². The highest BCUT2D eigenvalue weighted by atomic mass is 32.2. The first-order chi connectivity index (χ1) is 13.4. The quantitative estimate of drug-likeness (QED) is 0.680. The standard InChI is InChI=1S/C22H25N3O2S/c1-17(2)18-7-10-20(11-8-18)28(26,27)25-15-13-24(14-16-25)22-12-9-19-5-3-4-6-21(19)23-22/h3-12,17H,13-16H2,1-2H3/p+1. The Balaban J connectivity index is 1.48. The first kappa shape index (κ1) is 18.9. The number of rotatable bonds is 4. The Morgan fingerprint density at radius 2 is 1.54 bits per heavy atom. The van der Waals surface area contributed by atoms with Crippen LogP contribution in [0.25, 0.3) is 10.9 Å². The Kier molecular flexibility index (Phi) is 5.08. The highest BCUT2D eigenvalue weighted by molar-refractivity contribution is 7.89. The largest absolute Gasteiger partial charge is 0.274 e. The summed E-state index contributed by atoms with van der Waals surface area (Å²) >= 11 is 0. The Morgan fingerprint density at radius 3 is 2.21 bits per heavy atom. The molecule has 0 unspecified atom stereocenters. The molecule has 1 saturated heterocycles. The zero-order valence-corrected chi connectivity index (χ0v) is 17.1. The predicted octanol–water partition coefficient (Wildman–Crippen LogP) is 3.29. The van der Waals surface area contributed by atoms with Gasteiger partial charge in [-0.2, -0.15) is 4.31 Å². The molecule has 2 aromatic carbocycles. The van der Waals surface area contributed by atoms with Crippen LogP contribution < -0.4 is 9.88 Å². The van der Waals surface area contributed by atoms with Crippen molar-refractivity contribution in [2.75, 3.05) is 31.1 Å². The minimum Gasteiger partial charge on any atom is -0.259 e. The normalized spacial score (nSPS) is 16.0. The first-order valence-corrected chi connectivity index (χ1v) is 11.2. The molecule has 0 aliphatic carbocycles. The number of para-hydroxylation sites is 1. The molecule has 0 bridgehead atoms. The van der Waals surface area contributed by atoms with Crippen molar-refractivity contribution in [2.24, 2.45) is 0 Å². The molecule has 4 rings (SSSR count). The van der Waals surface area contributed by atoms with Crippen LogP contribution in [0.15, 0.2) is 65.6 Å². The predicted molar refractivity (Wildman–Crippen MR) is 112 cm³/mol. The molecular formula is C22H26N3O2S+. The molecule has 28 heavy (non-hydrogen) atoms. The third kappa shape index (κ3) is 3.62. The van der Waals surface area contributed by atoms with E-state index >= 15 is 0 Å². The molecule has 0 saturated carbocycles. The van der Waals surface area contributed by atoms with E-state index < -0.39 is 10.0 Å². The summed E-state index contributed by atoms with van der Waals surface area (Å²) in [5.41, 5.74) is 2.23. The molecule has 1 aliphatic heterocycles. The minimum absolute atomic E-state index is 0.377. The monoisotopic (exact) mass is 396 g/mol. The van der Waals surface area contributed by atoms with Crippen LogP contribution in [0.3, 0.4) is 0 Å². The summed E-state index contributed by atoms with van der Waals surface area (Å²) in [6.07, 6.45) is 0. The van der Waals surface area contributed by atoms with Gasteiger partial charge in [0.15, 0.2) is 0 Å². The van der Waals surface area contributed by atoms with E-state index in [1.165, 1.54) is 0 Å². The number of nitrogens with zero attached hydrogens (tertiary/aromatic N) is 2. The van der Waals surface area contributed by atoms with E-state index in [2.05, 4.69) is 48.0 Å². The Morgan fingerprint density at radius 1 is 0.857 bits per heavy atom. The van der Waals surface area contributed by atoms with Gasteiger partial charge in [-0.15, -0.1) is 0 Å². The van der Waals surface area contributed by atoms with E-state index in [1.54, 1.807) is 16.4 Å². The molecular weight excluding hydrogens is 370 g/mol. The smallest absolute Gasteiger partial charge is 0.259 e. The Labute approximate surface area is 166 Å². The van der Waals surface area contributed by atoms with Crippen LogP contribution in [0.5, 0.6) is 0 Å². The average Bonchev–Trinajstić information content (AvgIpc) is 2.73. The van der Waals surface area contributed by atoms with E-state index in [0.29, 0.717) is 37.0 Å². The maximum Gasteiger partial charge on any atom is 0.274 e. The average molecular weight is 397 g/mol. The third-order valence-electron chi connectivity index (χ3n) is 5.41. The molecule has 0 radical (unpaired) electrons. The van der Waals surface area contributed by atoms with Gasteiger partial charge in [-0.1, -0.05) is 44.2 Å². The summed E-state index contributed by atoms with van der Waals surface area (Å²) in [6.45, 7) is 6.50. The van der Waals surface area contributed by atoms with Crippen LogP contribution in [0.1, 0.15) is 25.3 Å². The van der Waals surface area contributed by atoms with Crippen molar-refractivity contribution in [3.63, 3.8) is 0 Å². The summed E-state index contributed by atoms with van der Waals surface area (Å²) in [4.78, 5) is 6.04. The molecule has 3 aromatic rings. The molecule has 0 spiro atoms. The molecule has 0 atom stereocenters. The number of aromatic nitrogens is 1. The fraction of sp³-hybridized carbons (Fsp3) is 0.318. The van der Waals surface area contributed by atoms with Gasteiger partial charge < -0.3 is 0 Å². The van der Waals surface area contributed by atoms with Gasteiger partial charge in [0.25, 0.3) is 5.82 Å². The fourth-order valence-electron chi connectivity index (χ4n) is 3.63. The van der Waals surface area contributed by atoms with Crippen LogP contribution in [-0.2, 0) is 10.0 Å². The van der Waals surface area contributed by atoms with E-state index in [1.807, 2.05) is 24.3 Å². The zero-order valence-electron chi connectivity index (χ0n) is 16.3. The van der Waals surface area contributed by atoms with Crippen molar-refractivity contribution in [3.8, 4) is 0 Å². The number of pyridine rings is 1. The van der Waals surface area contributed by atoms with Gasteiger partial charge in [-0.3, -0.25) is 4.90 Å². The summed E-state index contributed by atoms with van der Waals surface area (Å²) in [5, 5.41) is 1.16. The number of hydrogen-bond donors (Lipinski definition) is 0. The second-order valence-electron chi connectivity index (χ2n) is 7.55. The van der Waals surface area contributed by atoms with Gasteiger partial charge in [0.2, 0.25) is 10.0 Å². The van der Waals surface area contributed by atoms with Crippen molar-refractivity contribution in [3.05, 3.63) is 66.2 Å². The molecule has 1 N–H and O–H groups in total. The maximum absolute atomic E-state index is 13.0.